The lowest BCUT2D eigenvalue weighted by Gasteiger charge is -2.24. The van der Waals surface area contributed by atoms with E-state index in [0.29, 0.717) is 19.4 Å². The summed E-state index contributed by atoms with van der Waals surface area (Å²) >= 11 is 0. The van der Waals surface area contributed by atoms with Crippen LogP contribution in [0.25, 0.3) is 0 Å². The second kappa shape index (κ2) is 6.66. The predicted molar refractivity (Wildman–Crippen MR) is 78.2 cm³/mol. The highest BCUT2D eigenvalue weighted by atomic mass is 16.2. The molecule has 1 aliphatic heterocycles. The third-order valence-corrected chi connectivity index (χ3v) is 3.64. The smallest absolute Gasteiger partial charge is 0.229 e. The Morgan fingerprint density at radius 2 is 1.75 bits per heavy atom. The highest BCUT2D eigenvalue weighted by molar-refractivity contribution is 6.01. The van der Waals surface area contributed by atoms with Crippen molar-refractivity contribution in [3.63, 3.8) is 0 Å². The molecule has 1 heterocycles. The molecule has 2 rings (SSSR count). The molecule has 1 N–H and O–H groups in total. The molecule has 108 valence electrons. The van der Waals surface area contributed by atoms with E-state index in [1.165, 1.54) is 10.5 Å². The maximum Gasteiger partial charge on any atom is 0.229 e. The molecule has 0 spiro atoms. The van der Waals surface area contributed by atoms with Gasteiger partial charge in [-0.1, -0.05) is 36.8 Å². The van der Waals surface area contributed by atoms with Gasteiger partial charge in [0.05, 0.1) is 6.04 Å². The molecule has 0 aliphatic carbocycles. The Kier molecular flexibility index (Phi) is 4.90. The summed E-state index contributed by atoms with van der Waals surface area (Å²) in [5.74, 6) is -0.101. The Hall–Kier alpha value is -1.68. The fraction of sp³-hybridized carbons (Fsp3) is 0.500. The zero-order chi connectivity index (χ0) is 14.5. The number of amides is 2. The van der Waals surface area contributed by atoms with Crippen LogP contribution in [-0.4, -0.2) is 29.8 Å². The van der Waals surface area contributed by atoms with Crippen molar-refractivity contribution in [3.05, 3.63) is 35.4 Å². The van der Waals surface area contributed by atoms with Crippen molar-refractivity contribution < 1.29 is 9.59 Å². The molecule has 1 unspecified atom stereocenters. The van der Waals surface area contributed by atoms with Crippen LogP contribution < -0.4 is 5.32 Å². The number of nitrogens with zero attached hydrogens (tertiary/aromatic N) is 1. The molecule has 1 atom stereocenters. The Balaban J connectivity index is 2.12. The molecule has 4 nitrogen and oxygen atoms in total. The quantitative estimate of drug-likeness (QED) is 0.809. The summed E-state index contributed by atoms with van der Waals surface area (Å²) in [7, 11) is 0. The number of rotatable bonds is 6. The van der Waals surface area contributed by atoms with Gasteiger partial charge in [0.25, 0.3) is 0 Å². The summed E-state index contributed by atoms with van der Waals surface area (Å²) in [5.41, 5.74) is 2.33. The van der Waals surface area contributed by atoms with Gasteiger partial charge in [-0.05, 0) is 25.5 Å². The largest absolute Gasteiger partial charge is 0.308 e. The van der Waals surface area contributed by atoms with Gasteiger partial charge < -0.3 is 5.32 Å². The van der Waals surface area contributed by atoms with Crippen LogP contribution in [0, 0.1) is 6.92 Å². The van der Waals surface area contributed by atoms with E-state index in [-0.39, 0.29) is 17.9 Å². The van der Waals surface area contributed by atoms with Crippen LogP contribution in [0.15, 0.2) is 24.3 Å². The van der Waals surface area contributed by atoms with Gasteiger partial charge in [-0.25, -0.2) is 0 Å². The fourth-order valence-electron chi connectivity index (χ4n) is 2.41. The van der Waals surface area contributed by atoms with Crippen molar-refractivity contribution in [2.45, 2.75) is 39.2 Å². The van der Waals surface area contributed by atoms with E-state index < -0.39 is 0 Å². The van der Waals surface area contributed by atoms with Crippen molar-refractivity contribution in [1.29, 1.82) is 0 Å². The van der Waals surface area contributed by atoms with E-state index in [2.05, 4.69) is 36.5 Å². The number of carbonyl (C=O) groups is 2. The van der Waals surface area contributed by atoms with Crippen LogP contribution in [0.5, 0.6) is 0 Å². The van der Waals surface area contributed by atoms with Gasteiger partial charge >= 0.3 is 0 Å². The molecule has 0 aromatic heterocycles. The molecule has 0 radical (unpaired) electrons. The number of carbonyl (C=O) groups excluding carboxylic acids is 2. The molecule has 1 aliphatic rings. The van der Waals surface area contributed by atoms with Gasteiger partial charge in [-0.3, -0.25) is 14.5 Å². The van der Waals surface area contributed by atoms with E-state index >= 15 is 0 Å². The fourth-order valence-corrected chi connectivity index (χ4v) is 2.41. The van der Waals surface area contributed by atoms with Gasteiger partial charge in [-0.15, -0.1) is 0 Å². The summed E-state index contributed by atoms with van der Waals surface area (Å²) in [5, 5.41) is 3.43. The minimum absolute atomic E-state index is 0.0153. The van der Waals surface area contributed by atoms with E-state index in [1.54, 1.807) is 0 Å². The van der Waals surface area contributed by atoms with E-state index in [4.69, 9.17) is 0 Å². The summed E-state index contributed by atoms with van der Waals surface area (Å²) < 4.78 is 0. The molecular weight excluding hydrogens is 252 g/mol. The van der Waals surface area contributed by atoms with E-state index in [9.17, 15) is 9.59 Å². The van der Waals surface area contributed by atoms with Crippen LogP contribution in [-0.2, 0) is 9.59 Å². The predicted octanol–water partition coefficient (Wildman–Crippen LogP) is 2.18. The first-order chi connectivity index (χ1) is 9.61. The lowest BCUT2D eigenvalue weighted by Crippen LogP contribution is -2.38. The van der Waals surface area contributed by atoms with Crippen LogP contribution in [0.4, 0.5) is 0 Å². The van der Waals surface area contributed by atoms with Crippen molar-refractivity contribution in [3.8, 4) is 0 Å². The Labute approximate surface area is 120 Å². The highest BCUT2D eigenvalue weighted by Gasteiger charge is 2.31. The van der Waals surface area contributed by atoms with Gasteiger partial charge in [0.2, 0.25) is 11.8 Å². The second-order valence-electron chi connectivity index (χ2n) is 5.32. The lowest BCUT2D eigenvalue weighted by molar-refractivity contribution is -0.138. The minimum Gasteiger partial charge on any atom is -0.308 e. The number of hydrogen-bond donors (Lipinski definition) is 1. The molecule has 2 amide bonds. The van der Waals surface area contributed by atoms with Crippen molar-refractivity contribution in [2.24, 2.45) is 0 Å². The number of nitrogens with one attached hydrogen (secondary N) is 1. The third-order valence-electron chi connectivity index (χ3n) is 3.64. The Morgan fingerprint density at radius 3 is 2.30 bits per heavy atom. The number of aryl methyl sites for hydroxylation is 1. The maximum atomic E-state index is 11.8. The molecule has 0 bridgehead atoms. The Morgan fingerprint density at radius 1 is 1.15 bits per heavy atom. The zero-order valence-electron chi connectivity index (χ0n) is 12.2. The molecular formula is C16H22N2O2. The summed E-state index contributed by atoms with van der Waals surface area (Å²) in [6.07, 6.45) is 1.73. The number of hydrogen-bond acceptors (Lipinski definition) is 3. The topological polar surface area (TPSA) is 49.4 Å². The summed E-state index contributed by atoms with van der Waals surface area (Å²) in [4.78, 5) is 24.9. The van der Waals surface area contributed by atoms with E-state index in [0.717, 1.165) is 18.5 Å². The normalized spacial score (nSPS) is 16.8. The summed E-state index contributed by atoms with van der Waals surface area (Å²) in [6, 6.07) is 8.26. The van der Waals surface area contributed by atoms with Gasteiger partial charge in [0.15, 0.2) is 0 Å². The van der Waals surface area contributed by atoms with Crippen LogP contribution in [0.3, 0.4) is 0 Å². The van der Waals surface area contributed by atoms with Crippen LogP contribution in [0.2, 0.25) is 0 Å². The van der Waals surface area contributed by atoms with Crippen molar-refractivity contribution >= 4 is 11.8 Å². The number of imide groups is 1. The molecule has 1 fully saturated rings. The molecule has 20 heavy (non-hydrogen) atoms. The first kappa shape index (κ1) is 14.7. The number of likely N-dealkylation sites (tertiary alicyclic amines) is 1. The van der Waals surface area contributed by atoms with Gasteiger partial charge in [-0.2, -0.15) is 0 Å². The van der Waals surface area contributed by atoms with Crippen LogP contribution in [0.1, 0.15) is 43.4 Å². The minimum atomic E-state index is -0.0505. The molecule has 1 saturated heterocycles. The molecule has 1 aromatic carbocycles. The molecule has 0 saturated carbocycles. The average molecular weight is 274 g/mol. The average Bonchev–Trinajstić information content (AvgIpc) is 2.76. The van der Waals surface area contributed by atoms with Crippen molar-refractivity contribution in [1.82, 2.24) is 10.2 Å². The lowest BCUT2D eigenvalue weighted by atomic mass is 10.0. The number of benzene rings is 1. The summed E-state index contributed by atoms with van der Waals surface area (Å²) in [6.45, 7) is 5.45. The first-order valence-corrected chi connectivity index (χ1v) is 7.25. The first-order valence-electron chi connectivity index (χ1n) is 7.25. The maximum absolute atomic E-state index is 11.8. The zero-order valence-corrected chi connectivity index (χ0v) is 12.2. The van der Waals surface area contributed by atoms with E-state index in [1.807, 2.05) is 6.92 Å². The Bertz CT molecular complexity index is 466. The van der Waals surface area contributed by atoms with Gasteiger partial charge in [0, 0.05) is 19.4 Å². The monoisotopic (exact) mass is 274 g/mol. The second-order valence-corrected chi connectivity index (χ2v) is 5.32. The SMILES string of the molecule is CCCNC(CN1C(=O)CCC1=O)c1ccc(C)cc1. The molecule has 4 heteroatoms. The third kappa shape index (κ3) is 3.45. The highest BCUT2D eigenvalue weighted by Crippen LogP contribution is 2.20. The van der Waals surface area contributed by atoms with Crippen LogP contribution >= 0.6 is 0 Å². The van der Waals surface area contributed by atoms with Crippen molar-refractivity contribution in [2.75, 3.05) is 13.1 Å². The molecule has 1 aromatic rings. The standard InChI is InChI=1S/C16H22N2O2/c1-3-10-17-14(13-6-4-12(2)5-7-13)11-18-15(19)8-9-16(18)20/h4-7,14,17H,3,8-11H2,1-2H3. The van der Waals surface area contributed by atoms with Gasteiger partial charge in [0.1, 0.15) is 0 Å².